The number of aliphatic carboxylic acids is 1. The predicted octanol–water partition coefficient (Wildman–Crippen LogP) is 0.158. The molecule has 0 aliphatic heterocycles. The van der Waals surface area contributed by atoms with E-state index in [1.807, 2.05) is 0 Å². The van der Waals surface area contributed by atoms with Crippen LogP contribution in [0.4, 0.5) is 0 Å². The van der Waals surface area contributed by atoms with Crippen molar-refractivity contribution in [3.05, 3.63) is 0 Å². The molecule has 0 radical (unpaired) electrons. The fourth-order valence-corrected chi connectivity index (χ4v) is 0.796. The highest BCUT2D eigenvalue weighted by atomic mass is 16.4. The smallest absolute Gasteiger partial charge is 0.324 e. The Kier molecular flexibility index (Phi) is 3.19. The summed E-state index contributed by atoms with van der Waals surface area (Å²) >= 11 is 0. The number of Topliss-reactive ketones (excluding diaryl/α,β-unsaturated/α-hetero) is 1. The number of carbonyl (C=O) groups excluding carboxylic acids is 1. The summed E-state index contributed by atoms with van der Waals surface area (Å²) in [4.78, 5) is 21.1. The third kappa shape index (κ3) is 2.67. The van der Waals surface area contributed by atoms with Gasteiger partial charge >= 0.3 is 5.97 Å². The molecule has 0 fully saturated rings. The summed E-state index contributed by atoms with van der Waals surface area (Å²) < 4.78 is 0. The molecule has 1 atom stereocenters. The van der Waals surface area contributed by atoms with Crippen molar-refractivity contribution < 1.29 is 14.7 Å². The van der Waals surface area contributed by atoms with Crippen LogP contribution in [-0.2, 0) is 9.59 Å². The van der Waals surface area contributed by atoms with Crippen molar-refractivity contribution in [3.8, 4) is 0 Å². The fraction of sp³-hybridized carbons (Fsp3) is 0.714. The van der Waals surface area contributed by atoms with Crippen LogP contribution in [-0.4, -0.2) is 22.4 Å². The van der Waals surface area contributed by atoms with E-state index in [-0.39, 0.29) is 18.6 Å². The fourth-order valence-electron chi connectivity index (χ4n) is 0.796. The molecule has 1 unspecified atom stereocenters. The van der Waals surface area contributed by atoms with Crippen LogP contribution in [0.3, 0.4) is 0 Å². The molecular weight excluding hydrogens is 146 g/mol. The van der Waals surface area contributed by atoms with Gasteiger partial charge in [0.25, 0.3) is 0 Å². The van der Waals surface area contributed by atoms with Crippen LogP contribution in [0.5, 0.6) is 0 Å². The van der Waals surface area contributed by atoms with E-state index in [2.05, 4.69) is 0 Å². The van der Waals surface area contributed by atoms with Gasteiger partial charge in [-0.3, -0.25) is 9.59 Å². The molecule has 0 rings (SSSR count). The van der Waals surface area contributed by atoms with Crippen molar-refractivity contribution in [3.63, 3.8) is 0 Å². The normalized spacial score (nSPS) is 15.5. The predicted molar refractivity (Wildman–Crippen MR) is 40.1 cm³/mol. The summed E-state index contributed by atoms with van der Waals surface area (Å²) in [5.41, 5.74) is 4.05. The Hall–Kier alpha value is -0.900. The number of carbonyl (C=O) groups is 2. The zero-order valence-corrected chi connectivity index (χ0v) is 6.76. The van der Waals surface area contributed by atoms with Gasteiger partial charge in [0.1, 0.15) is 11.3 Å². The lowest BCUT2D eigenvalue weighted by Gasteiger charge is -2.20. The molecule has 0 aliphatic rings. The number of carboxylic acids is 1. The maximum absolute atomic E-state index is 10.6. The Morgan fingerprint density at radius 3 is 2.09 bits per heavy atom. The zero-order valence-electron chi connectivity index (χ0n) is 6.76. The van der Waals surface area contributed by atoms with Crippen LogP contribution in [0.25, 0.3) is 0 Å². The quantitative estimate of drug-likeness (QED) is 0.612. The minimum absolute atomic E-state index is 0.0984. The Morgan fingerprint density at radius 1 is 1.55 bits per heavy atom. The molecule has 0 saturated heterocycles. The number of hydrogen-bond donors (Lipinski definition) is 2. The number of ketones is 1. The average molecular weight is 159 g/mol. The first kappa shape index (κ1) is 10.1. The number of carboxylic acid groups (broad SMARTS) is 1. The molecule has 11 heavy (non-hydrogen) atoms. The van der Waals surface area contributed by atoms with Gasteiger partial charge in [-0.1, -0.05) is 6.92 Å². The Labute approximate surface area is 65.4 Å². The molecule has 0 aliphatic carbocycles. The lowest BCUT2D eigenvalue weighted by atomic mass is 9.92. The van der Waals surface area contributed by atoms with Crippen molar-refractivity contribution in [2.75, 3.05) is 0 Å². The lowest BCUT2D eigenvalue weighted by molar-refractivity contribution is -0.145. The van der Waals surface area contributed by atoms with Crippen LogP contribution < -0.4 is 5.73 Å². The Bertz CT molecular complexity index is 179. The third-order valence-corrected chi connectivity index (χ3v) is 1.62. The molecule has 0 aromatic heterocycles. The minimum atomic E-state index is -1.37. The maximum Gasteiger partial charge on any atom is 0.324 e. The molecule has 4 nitrogen and oxygen atoms in total. The molecule has 0 aromatic carbocycles. The second-order valence-corrected chi connectivity index (χ2v) is 2.69. The summed E-state index contributed by atoms with van der Waals surface area (Å²) in [5.74, 6) is -1.31. The van der Waals surface area contributed by atoms with Gasteiger partial charge in [0.15, 0.2) is 0 Å². The first-order chi connectivity index (χ1) is 4.92. The highest BCUT2D eigenvalue weighted by molar-refractivity contribution is 5.87. The van der Waals surface area contributed by atoms with E-state index in [9.17, 15) is 9.59 Å². The molecule has 0 bridgehead atoms. The van der Waals surface area contributed by atoms with Crippen LogP contribution in [0.2, 0.25) is 0 Å². The van der Waals surface area contributed by atoms with Crippen molar-refractivity contribution >= 4 is 11.8 Å². The Morgan fingerprint density at radius 2 is 2.00 bits per heavy atom. The highest BCUT2D eigenvalue weighted by Crippen LogP contribution is 2.11. The standard InChI is InChI=1S/C7H13NO3/c1-3-7(8,6(10)11)4-5(2)9/h3-4,8H2,1-2H3,(H,10,11). The van der Waals surface area contributed by atoms with Gasteiger partial charge in [0.2, 0.25) is 0 Å². The molecule has 0 saturated carbocycles. The van der Waals surface area contributed by atoms with E-state index in [4.69, 9.17) is 10.8 Å². The van der Waals surface area contributed by atoms with Gasteiger partial charge in [-0.05, 0) is 13.3 Å². The van der Waals surface area contributed by atoms with Crippen LogP contribution in [0.1, 0.15) is 26.7 Å². The first-order valence-electron chi connectivity index (χ1n) is 3.44. The van der Waals surface area contributed by atoms with Crippen molar-refractivity contribution in [1.82, 2.24) is 0 Å². The van der Waals surface area contributed by atoms with Gasteiger partial charge in [0, 0.05) is 6.42 Å². The van der Waals surface area contributed by atoms with Crippen LogP contribution in [0.15, 0.2) is 0 Å². The lowest BCUT2D eigenvalue weighted by Crippen LogP contribution is -2.48. The van der Waals surface area contributed by atoms with Crippen LogP contribution in [0, 0.1) is 0 Å². The van der Waals surface area contributed by atoms with Gasteiger partial charge in [-0.25, -0.2) is 0 Å². The van der Waals surface area contributed by atoms with Crippen molar-refractivity contribution in [2.24, 2.45) is 5.73 Å². The largest absolute Gasteiger partial charge is 0.480 e. The first-order valence-corrected chi connectivity index (χ1v) is 3.44. The summed E-state index contributed by atoms with van der Waals surface area (Å²) in [6, 6.07) is 0. The van der Waals surface area contributed by atoms with Crippen LogP contribution >= 0.6 is 0 Å². The van der Waals surface area contributed by atoms with E-state index in [0.29, 0.717) is 0 Å². The summed E-state index contributed by atoms with van der Waals surface area (Å²) in [5, 5.41) is 8.60. The summed E-state index contributed by atoms with van der Waals surface area (Å²) in [6.07, 6.45) is 0.167. The molecule has 4 heteroatoms. The molecule has 0 heterocycles. The Balaban J connectivity index is 4.34. The highest BCUT2D eigenvalue weighted by Gasteiger charge is 2.32. The summed E-state index contributed by atoms with van der Waals surface area (Å²) in [7, 11) is 0. The monoisotopic (exact) mass is 159 g/mol. The minimum Gasteiger partial charge on any atom is -0.480 e. The average Bonchev–Trinajstić information content (AvgIpc) is 1.86. The molecule has 0 spiro atoms. The van der Waals surface area contributed by atoms with Crippen molar-refractivity contribution in [1.29, 1.82) is 0 Å². The van der Waals surface area contributed by atoms with E-state index in [1.54, 1.807) is 6.92 Å². The summed E-state index contributed by atoms with van der Waals surface area (Å²) in [6.45, 7) is 2.98. The number of nitrogens with two attached hydrogens (primary N) is 1. The van der Waals surface area contributed by atoms with Gasteiger partial charge < -0.3 is 10.8 Å². The number of rotatable bonds is 4. The van der Waals surface area contributed by atoms with Gasteiger partial charge in [-0.2, -0.15) is 0 Å². The van der Waals surface area contributed by atoms with E-state index < -0.39 is 11.5 Å². The third-order valence-electron chi connectivity index (χ3n) is 1.62. The van der Waals surface area contributed by atoms with E-state index >= 15 is 0 Å². The molecule has 64 valence electrons. The molecule has 0 amide bonds. The maximum atomic E-state index is 10.6. The van der Waals surface area contributed by atoms with Gasteiger partial charge in [-0.15, -0.1) is 0 Å². The van der Waals surface area contributed by atoms with Gasteiger partial charge in [0.05, 0.1) is 0 Å². The SMILES string of the molecule is CCC(N)(CC(C)=O)C(=O)O. The molecule has 0 aromatic rings. The van der Waals surface area contributed by atoms with E-state index in [1.165, 1.54) is 6.92 Å². The molecular formula is C7H13NO3. The zero-order chi connectivity index (χ0) is 9.07. The molecule has 3 N–H and O–H groups in total. The second kappa shape index (κ2) is 3.48. The number of hydrogen-bond acceptors (Lipinski definition) is 3. The van der Waals surface area contributed by atoms with Crippen molar-refractivity contribution in [2.45, 2.75) is 32.2 Å². The van der Waals surface area contributed by atoms with E-state index in [0.717, 1.165) is 0 Å². The second-order valence-electron chi connectivity index (χ2n) is 2.69. The topological polar surface area (TPSA) is 80.4 Å².